The van der Waals surface area contributed by atoms with Crippen LogP contribution in [0.3, 0.4) is 0 Å². The van der Waals surface area contributed by atoms with Gasteiger partial charge in [-0.1, -0.05) is 0 Å². The van der Waals surface area contributed by atoms with Crippen LogP contribution in [0.1, 0.15) is 33.6 Å². The highest BCUT2D eigenvalue weighted by Crippen LogP contribution is 2.38. The van der Waals surface area contributed by atoms with Gasteiger partial charge in [0.1, 0.15) is 0 Å². The molecule has 5 heteroatoms. The third-order valence-corrected chi connectivity index (χ3v) is 5.60. The molecule has 0 spiro atoms. The van der Waals surface area contributed by atoms with E-state index in [0.717, 1.165) is 35.3 Å². The van der Waals surface area contributed by atoms with E-state index in [0.29, 0.717) is 13.2 Å². The molecule has 0 radical (unpaired) electrons. The Balaban J connectivity index is 1.90. The molecule has 98 valence electrons. The smallest absolute Gasteiger partial charge is 0.256 e. The maximum Gasteiger partial charge on any atom is 0.256 e. The third-order valence-electron chi connectivity index (χ3n) is 3.64. The molecular weight excluding hydrogens is 314 g/mol. The molecule has 3 rings (SSSR count). The molecule has 0 aromatic carbocycles. The number of ether oxygens (including phenoxy) is 1. The summed E-state index contributed by atoms with van der Waals surface area (Å²) in [5.41, 5.74) is 2.23. The molecule has 0 N–H and O–H groups in total. The van der Waals surface area contributed by atoms with Crippen molar-refractivity contribution in [3.8, 4) is 0 Å². The molecule has 0 atom stereocenters. The van der Waals surface area contributed by atoms with Crippen LogP contribution in [0.4, 0.5) is 0 Å². The van der Waals surface area contributed by atoms with Gasteiger partial charge in [0.05, 0.1) is 22.6 Å². The summed E-state index contributed by atoms with van der Waals surface area (Å²) in [5.74, 6) is 0.185. The van der Waals surface area contributed by atoms with Crippen LogP contribution in [0.5, 0.6) is 0 Å². The first kappa shape index (κ1) is 12.6. The number of morpholine rings is 1. The van der Waals surface area contributed by atoms with Gasteiger partial charge in [-0.3, -0.25) is 4.79 Å². The number of carbonyl (C=O) groups is 1. The van der Waals surface area contributed by atoms with E-state index in [4.69, 9.17) is 4.74 Å². The van der Waals surface area contributed by atoms with Crippen molar-refractivity contribution in [1.29, 1.82) is 0 Å². The van der Waals surface area contributed by atoms with Gasteiger partial charge < -0.3 is 9.64 Å². The predicted molar refractivity (Wildman–Crippen MR) is 75.4 cm³/mol. The molecule has 1 aromatic heterocycles. The number of hydrogen-bond acceptors (Lipinski definition) is 3. The number of nitrogens with zero attached hydrogens (tertiary/aromatic N) is 1. The van der Waals surface area contributed by atoms with Crippen molar-refractivity contribution in [3.63, 3.8) is 0 Å². The largest absolute Gasteiger partial charge is 0.378 e. The highest BCUT2D eigenvalue weighted by Gasteiger charge is 2.28. The van der Waals surface area contributed by atoms with E-state index in [1.54, 1.807) is 11.3 Å². The molecule has 18 heavy (non-hydrogen) atoms. The van der Waals surface area contributed by atoms with Gasteiger partial charge in [0.15, 0.2) is 0 Å². The van der Waals surface area contributed by atoms with Crippen LogP contribution in [0.15, 0.2) is 3.79 Å². The Kier molecular flexibility index (Phi) is 3.73. The minimum absolute atomic E-state index is 0.185. The van der Waals surface area contributed by atoms with Crippen molar-refractivity contribution >= 4 is 33.2 Å². The van der Waals surface area contributed by atoms with E-state index in [2.05, 4.69) is 15.9 Å². The highest BCUT2D eigenvalue weighted by molar-refractivity contribution is 9.11. The summed E-state index contributed by atoms with van der Waals surface area (Å²) in [5, 5.41) is 0. The number of halogens is 1. The second-order valence-electron chi connectivity index (χ2n) is 4.76. The summed E-state index contributed by atoms with van der Waals surface area (Å²) >= 11 is 5.33. The highest BCUT2D eigenvalue weighted by atomic mass is 79.9. The number of thiophene rings is 1. The van der Waals surface area contributed by atoms with Crippen LogP contribution in [-0.4, -0.2) is 37.1 Å². The summed E-state index contributed by atoms with van der Waals surface area (Å²) in [6.07, 6.45) is 4.66. The van der Waals surface area contributed by atoms with E-state index in [9.17, 15) is 4.79 Å². The molecule has 0 saturated carbocycles. The molecule has 1 aliphatic carbocycles. The average molecular weight is 330 g/mol. The molecular formula is C13H16BrNO2S. The number of hydrogen-bond donors (Lipinski definition) is 0. The van der Waals surface area contributed by atoms with Crippen LogP contribution < -0.4 is 0 Å². The quantitative estimate of drug-likeness (QED) is 0.792. The lowest BCUT2D eigenvalue weighted by molar-refractivity contribution is 0.0302. The minimum Gasteiger partial charge on any atom is -0.378 e. The first-order valence-corrected chi connectivity index (χ1v) is 8.05. The monoisotopic (exact) mass is 329 g/mol. The molecule has 0 bridgehead atoms. The molecule has 1 aromatic rings. The van der Waals surface area contributed by atoms with Crippen LogP contribution in [0.2, 0.25) is 0 Å². The first-order chi connectivity index (χ1) is 8.77. The van der Waals surface area contributed by atoms with Crippen molar-refractivity contribution in [2.45, 2.75) is 25.7 Å². The van der Waals surface area contributed by atoms with Crippen LogP contribution >= 0.6 is 27.3 Å². The Labute approximate surface area is 119 Å². The number of aryl methyl sites for hydroxylation is 1. The zero-order valence-electron chi connectivity index (χ0n) is 10.2. The molecule has 1 fully saturated rings. The van der Waals surface area contributed by atoms with Gasteiger partial charge in [-0.25, -0.2) is 0 Å². The lowest BCUT2D eigenvalue weighted by Crippen LogP contribution is -2.41. The van der Waals surface area contributed by atoms with Gasteiger partial charge in [-0.15, -0.1) is 11.3 Å². The van der Waals surface area contributed by atoms with Gasteiger partial charge in [0, 0.05) is 18.0 Å². The summed E-state index contributed by atoms with van der Waals surface area (Å²) < 4.78 is 6.33. The zero-order valence-corrected chi connectivity index (χ0v) is 12.6. The molecule has 0 unspecified atom stereocenters. The van der Waals surface area contributed by atoms with Crippen molar-refractivity contribution in [2.24, 2.45) is 0 Å². The third kappa shape index (κ3) is 2.24. The van der Waals surface area contributed by atoms with Crippen LogP contribution in [-0.2, 0) is 17.6 Å². The summed E-state index contributed by atoms with van der Waals surface area (Å²) in [7, 11) is 0. The van der Waals surface area contributed by atoms with E-state index in [1.807, 2.05) is 4.90 Å². The van der Waals surface area contributed by atoms with Gasteiger partial charge in [0.2, 0.25) is 0 Å². The number of fused-ring (bicyclic) bond motifs is 1. The average Bonchev–Trinajstić information content (AvgIpc) is 2.75. The van der Waals surface area contributed by atoms with E-state index >= 15 is 0 Å². The van der Waals surface area contributed by atoms with Crippen molar-refractivity contribution in [3.05, 3.63) is 19.8 Å². The standard InChI is InChI=1S/C13H16BrNO2S/c14-12-11(9-3-1-2-4-10(9)18-12)13(16)15-5-7-17-8-6-15/h1-8H2. The Bertz CT molecular complexity index is 466. The van der Waals surface area contributed by atoms with Crippen molar-refractivity contribution < 1.29 is 9.53 Å². The Morgan fingerprint density at radius 3 is 2.72 bits per heavy atom. The zero-order chi connectivity index (χ0) is 12.5. The molecule has 1 aliphatic heterocycles. The van der Waals surface area contributed by atoms with E-state index in [-0.39, 0.29) is 5.91 Å². The fourth-order valence-electron chi connectivity index (χ4n) is 2.67. The van der Waals surface area contributed by atoms with Crippen molar-refractivity contribution in [2.75, 3.05) is 26.3 Å². The topological polar surface area (TPSA) is 29.5 Å². The van der Waals surface area contributed by atoms with Gasteiger partial charge in [0.25, 0.3) is 5.91 Å². The number of carbonyl (C=O) groups excluding carboxylic acids is 1. The lowest BCUT2D eigenvalue weighted by Gasteiger charge is -2.27. The van der Waals surface area contributed by atoms with E-state index in [1.165, 1.54) is 23.3 Å². The maximum absolute atomic E-state index is 12.6. The fourth-order valence-corrected chi connectivity index (χ4v) is 4.77. The normalized spacial score (nSPS) is 19.7. The Morgan fingerprint density at radius 2 is 1.94 bits per heavy atom. The Hall–Kier alpha value is -0.390. The first-order valence-electron chi connectivity index (χ1n) is 6.44. The molecule has 2 heterocycles. The number of rotatable bonds is 1. The van der Waals surface area contributed by atoms with Crippen LogP contribution in [0, 0.1) is 0 Å². The predicted octanol–water partition coefficient (Wildman–Crippen LogP) is 2.86. The van der Waals surface area contributed by atoms with E-state index < -0.39 is 0 Å². The SMILES string of the molecule is O=C(c1c(Br)sc2c1CCCC2)N1CCOCC1. The fraction of sp³-hybridized carbons (Fsp3) is 0.615. The number of amides is 1. The van der Waals surface area contributed by atoms with Crippen LogP contribution in [0.25, 0.3) is 0 Å². The lowest BCUT2D eigenvalue weighted by atomic mass is 9.95. The summed E-state index contributed by atoms with van der Waals surface area (Å²) in [6, 6.07) is 0. The van der Waals surface area contributed by atoms with Gasteiger partial charge in [-0.05, 0) is 47.2 Å². The summed E-state index contributed by atoms with van der Waals surface area (Å²) in [6.45, 7) is 2.76. The maximum atomic E-state index is 12.6. The van der Waals surface area contributed by atoms with Gasteiger partial charge in [-0.2, -0.15) is 0 Å². The minimum atomic E-state index is 0.185. The molecule has 1 saturated heterocycles. The van der Waals surface area contributed by atoms with Gasteiger partial charge >= 0.3 is 0 Å². The second kappa shape index (κ2) is 5.31. The van der Waals surface area contributed by atoms with Crippen molar-refractivity contribution in [1.82, 2.24) is 4.90 Å². The molecule has 2 aliphatic rings. The molecule has 1 amide bonds. The molecule has 3 nitrogen and oxygen atoms in total. The Morgan fingerprint density at radius 1 is 1.22 bits per heavy atom. The summed E-state index contributed by atoms with van der Waals surface area (Å²) in [4.78, 5) is 15.9. The second-order valence-corrected chi connectivity index (χ2v) is 7.19.